The van der Waals surface area contributed by atoms with Gasteiger partial charge in [0.25, 0.3) is 0 Å². The van der Waals surface area contributed by atoms with Crippen molar-refractivity contribution in [3.8, 4) is 5.75 Å². The van der Waals surface area contributed by atoms with Crippen molar-refractivity contribution >= 4 is 30.7 Å². The van der Waals surface area contributed by atoms with E-state index in [1.807, 2.05) is 44.2 Å². The Kier molecular flexibility index (Phi) is 7.58. The molecule has 0 unspecified atom stereocenters. The first-order valence-electron chi connectivity index (χ1n) is 14.0. The van der Waals surface area contributed by atoms with Gasteiger partial charge in [0.2, 0.25) is 11.8 Å². The summed E-state index contributed by atoms with van der Waals surface area (Å²) in [5.74, 6) is -0.860. The van der Waals surface area contributed by atoms with Crippen molar-refractivity contribution in [3.05, 3.63) is 75.9 Å². The number of hydrogen-bond donors (Lipinski definition) is 2. The van der Waals surface area contributed by atoms with Crippen LogP contribution in [0.15, 0.2) is 59.2 Å². The SMILES string of the molecule is C/C(=C\c1cc(C)c(O)c(C)c1)CC[C@H]1OB(O)C[C@H]2C1=C(C(C)C)C[C@H]1C(=O)N(c3ccccc3)C(=O)[C@H]12. The summed E-state index contributed by atoms with van der Waals surface area (Å²) in [5.41, 5.74) is 6.83. The largest absolute Gasteiger partial charge is 0.507 e. The van der Waals surface area contributed by atoms with Gasteiger partial charge < -0.3 is 14.8 Å². The lowest BCUT2D eigenvalue weighted by Gasteiger charge is -2.44. The van der Waals surface area contributed by atoms with Crippen LogP contribution in [0.2, 0.25) is 6.32 Å². The Morgan fingerprint density at radius 2 is 1.77 bits per heavy atom. The van der Waals surface area contributed by atoms with Crippen molar-refractivity contribution in [2.24, 2.45) is 23.7 Å². The number of aryl methyl sites for hydroxylation is 2. The lowest BCUT2D eigenvalue weighted by molar-refractivity contribution is -0.122. The fourth-order valence-corrected chi connectivity index (χ4v) is 6.87. The average molecular weight is 527 g/mol. The topological polar surface area (TPSA) is 87.1 Å². The van der Waals surface area contributed by atoms with Gasteiger partial charge in [-0.2, -0.15) is 0 Å². The first kappa shape index (κ1) is 27.4. The Hall–Kier alpha value is -3.16. The van der Waals surface area contributed by atoms with Gasteiger partial charge in [0, 0.05) is 0 Å². The van der Waals surface area contributed by atoms with Gasteiger partial charge in [-0.25, -0.2) is 0 Å². The Labute approximate surface area is 231 Å². The minimum Gasteiger partial charge on any atom is -0.507 e. The normalized spacial score (nSPS) is 25.5. The Morgan fingerprint density at radius 3 is 2.41 bits per heavy atom. The molecule has 2 aromatic carbocycles. The van der Waals surface area contributed by atoms with E-state index >= 15 is 0 Å². The number of para-hydroxylation sites is 1. The van der Waals surface area contributed by atoms with Gasteiger partial charge in [-0.05, 0) is 105 Å². The van der Waals surface area contributed by atoms with Crippen molar-refractivity contribution in [1.29, 1.82) is 0 Å². The number of nitrogens with zero attached hydrogens (tertiary/aromatic N) is 1. The van der Waals surface area contributed by atoms with Gasteiger partial charge in [-0.15, -0.1) is 0 Å². The summed E-state index contributed by atoms with van der Waals surface area (Å²) in [6.07, 6.45) is 4.14. The molecule has 0 aromatic heterocycles. The monoisotopic (exact) mass is 527 g/mol. The highest BCUT2D eigenvalue weighted by molar-refractivity contribution is 6.43. The van der Waals surface area contributed by atoms with Gasteiger partial charge in [-0.1, -0.05) is 49.3 Å². The molecule has 5 rings (SSSR count). The van der Waals surface area contributed by atoms with Gasteiger partial charge >= 0.3 is 7.12 Å². The lowest BCUT2D eigenvalue weighted by Crippen LogP contribution is -2.46. The van der Waals surface area contributed by atoms with E-state index in [2.05, 4.69) is 26.8 Å². The van der Waals surface area contributed by atoms with Crippen LogP contribution in [0.5, 0.6) is 5.75 Å². The predicted molar refractivity (Wildman–Crippen MR) is 154 cm³/mol. The summed E-state index contributed by atoms with van der Waals surface area (Å²) in [5, 5.41) is 20.9. The van der Waals surface area contributed by atoms with Crippen LogP contribution in [0.3, 0.4) is 0 Å². The number of imide groups is 1. The van der Waals surface area contributed by atoms with E-state index in [-0.39, 0.29) is 29.8 Å². The van der Waals surface area contributed by atoms with Crippen LogP contribution >= 0.6 is 0 Å². The molecule has 2 heterocycles. The molecule has 2 aromatic rings. The summed E-state index contributed by atoms with van der Waals surface area (Å²) in [4.78, 5) is 28.7. The van der Waals surface area contributed by atoms with Crippen molar-refractivity contribution < 1.29 is 24.4 Å². The van der Waals surface area contributed by atoms with Crippen molar-refractivity contribution in [3.63, 3.8) is 0 Å². The molecular weight excluding hydrogens is 489 g/mol. The summed E-state index contributed by atoms with van der Waals surface area (Å²) in [6, 6.07) is 13.1. The molecule has 6 nitrogen and oxygen atoms in total. The highest BCUT2D eigenvalue weighted by Gasteiger charge is 2.57. The minimum atomic E-state index is -0.976. The molecule has 0 radical (unpaired) electrons. The molecule has 0 saturated carbocycles. The number of fused-ring (bicyclic) bond motifs is 3. The van der Waals surface area contributed by atoms with Crippen molar-refractivity contribution in [2.45, 2.75) is 66.3 Å². The third-order valence-corrected chi connectivity index (χ3v) is 8.68. The smallest absolute Gasteiger partial charge is 0.455 e. The highest BCUT2D eigenvalue weighted by atomic mass is 16.5. The van der Waals surface area contributed by atoms with Gasteiger partial charge in [0.15, 0.2) is 0 Å². The van der Waals surface area contributed by atoms with Crippen LogP contribution in [-0.2, 0) is 14.2 Å². The van der Waals surface area contributed by atoms with E-state index in [0.29, 0.717) is 30.6 Å². The van der Waals surface area contributed by atoms with E-state index in [1.165, 1.54) is 16.0 Å². The van der Waals surface area contributed by atoms with E-state index in [1.54, 1.807) is 12.1 Å². The number of anilines is 1. The van der Waals surface area contributed by atoms with Crippen molar-refractivity contribution in [2.75, 3.05) is 4.90 Å². The second-order valence-corrected chi connectivity index (χ2v) is 11.8. The molecule has 1 aliphatic carbocycles. The maximum Gasteiger partial charge on any atom is 0.455 e. The molecule has 2 fully saturated rings. The average Bonchev–Trinajstić information content (AvgIpc) is 3.15. The Morgan fingerprint density at radius 1 is 1.10 bits per heavy atom. The first-order valence-corrected chi connectivity index (χ1v) is 14.0. The number of phenols is 1. The Bertz CT molecular complexity index is 1320. The number of phenolic OH excluding ortho intramolecular Hbond substituents is 1. The zero-order valence-electron chi connectivity index (χ0n) is 23.5. The van der Waals surface area contributed by atoms with E-state index < -0.39 is 19.0 Å². The van der Waals surface area contributed by atoms with E-state index in [4.69, 9.17) is 4.65 Å². The molecular formula is C32H38BNO5. The molecule has 4 atom stereocenters. The molecule has 2 N–H and O–H groups in total. The molecule has 2 amide bonds. The summed E-state index contributed by atoms with van der Waals surface area (Å²) in [7, 11) is -0.976. The number of hydrogen-bond acceptors (Lipinski definition) is 5. The second-order valence-electron chi connectivity index (χ2n) is 11.8. The Balaban J connectivity index is 1.43. The standard InChI is InChI=1S/C32H38BNO5/c1-18(2)24-16-25-29(32(37)34(31(25)36)23-9-7-6-8-10-23)26-17-33(38)39-27(28(24)26)12-11-19(3)13-22-14-20(4)30(35)21(5)15-22/h6-10,13-15,18,25-27,29,35,38H,11-12,16-17H2,1-5H3/b19-13+/t25-,26+,27-,29-/m1/s1. The zero-order chi connectivity index (χ0) is 28.0. The number of carbonyl (C=O) groups excluding carboxylic acids is 2. The quantitative estimate of drug-likeness (QED) is 0.280. The van der Waals surface area contributed by atoms with Gasteiger partial charge in [-0.3, -0.25) is 14.5 Å². The molecule has 39 heavy (non-hydrogen) atoms. The second kappa shape index (κ2) is 10.8. The number of rotatable bonds is 6. The fraction of sp³-hybridized carbons (Fsp3) is 0.438. The maximum atomic E-state index is 13.8. The van der Waals surface area contributed by atoms with E-state index in [0.717, 1.165) is 28.7 Å². The predicted octanol–water partition coefficient (Wildman–Crippen LogP) is 5.85. The maximum absolute atomic E-state index is 13.8. The first-order chi connectivity index (χ1) is 18.6. The van der Waals surface area contributed by atoms with Crippen LogP contribution in [0.1, 0.15) is 56.7 Å². The van der Waals surface area contributed by atoms with Crippen LogP contribution in [0.4, 0.5) is 5.69 Å². The van der Waals surface area contributed by atoms with Crippen molar-refractivity contribution in [1.82, 2.24) is 0 Å². The molecule has 7 heteroatoms. The molecule has 2 saturated heterocycles. The van der Waals surface area contributed by atoms with Crippen LogP contribution < -0.4 is 4.90 Å². The number of amides is 2. The van der Waals surface area contributed by atoms with Crippen LogP contribution in [-0.4, -0.2) is 35.2 Å². The number of benzene rings is 2. The van der Waals surface area contributed by atoms with E-state index in [9.17, 15) is 19.7 Å². The number of aromatic hydroxyl groups is 1. The summed E-state index contributed by atoms with van der Waals surface area (Å²) in [6.45, 7) is 10.2. The van der Waals surface area contributed by atoms with Crippen LogP contribution in [0, 0.1) is 37.5 Å². The summed E-state index contributed by atoms with van der Waals surface area (Å²) >= 11 is 0. The minimum absolute atomic E-state index is 0.135. The zero-order valence-corrected chi connectivity index (χ0v) is 23.5. The van der Waals surface area contributed by atoms with Gasteiger partial charge in [0.1, 0.15) is 5.75 Å². The summed E-state index contributed by atoms with van der Waals surface area (Å²) < 4.78 is 6.14. The number of carbonyl (C=O) groups is 2. The number of allylic oxidation sites excluding steroid dienone is 2. The van der Waals surface area contributed by atoms with Crippen LogP contribution in [0.25, 0.3) is 6.08 Å². The fourth-order valence-electron chi connectivity index (χ4n) is 6.87. The third-order valence-electron chi connectivity index (χ3n) is 8.68. The molecule has 0 spiro atoms. The highest BCUT2D eigenvalue weighted by Crippen LogP contribution is 2.52. The molecule has 0 bridgehead atoms. The molecule has 3 aliphatic rings. The lowest BCUT2D eigenvalue weighted by atomic mass is 9.57. The van der Waals surface area contributed by atoms with Gasteiger partial charge in [0.05, 0.1) is 23.6 Å². The molecule has 2 aliphatic heterocycles. The molecule has 204 valence electrons. The third kappa shape index (κ3) is 5.10.